The fourth-order valence-corrected chi connectivity index (χ4v) is 5.09. The summed E-state index contributed by atoms with van der Waals surface area (Å²) in [6.07, 6.45) is 0. The third-order valence-electron chi connectivity index (χ3n) is 6.94. The molecule has 36 heavy (non-hydrogen) atoms. The molecule has 0 unspecified atom stereocenters. The number of methoxy groups -OCH3 is 2. The molecule has 1 aliphatic heterocycles. The zero-order valence-electron chi connectivity index (χ0n) is 21.4. The van der Waals surface area contributed by atoms with Gasteiger partial charge in [-0.1, -0.05) is 32.0 Å². The predicted molar refractivity (Wildman–Crippen MR) is 145 cm³/mol. The van der Waals surface area contributed by atoms with E-state index in [-0.39, 0.29) is 5.91 Å². The molecule has 0 bridgehead atoms. The number of benzene rings is 3. The summed E-state index contributed by atoms with van der Waals surface area (Å²) >= 11 is 0. The number of amides is 1. The summed E-state index contributed by atoms with van der Waals surface area (Å²) in [4.78, 5) is 18.6. The van der Waals surface area contributed by atoms with E-state index in [9.17, 15) is 4.79 Å². The molecule has 1 saturated heterocycles. The lowest BCUT2D eigenvalue weighted by molar-refractivity contribution is 0.0736. The van der Waals surface area contributed by atoms with Crippen molar-refractivity contribution in [3.05, 3.63) is 71.8 Å². The van der Waals surface area contributed by atoms with Gasteiger partial charge >= 0.3 is 0 Å². The molecule has 3 aromatic carbocycles. The van der Waals surface area contributed by atoms with E-state index in [1.165, 1.54) is 10.9 Å². The number of ether oxygens (including phenoxy) is 2. The van der Waals surface area contributed by atoms with Crippen molar-refractivity contribution in [3.8, 4) is 33.9 Å². The SMILES string of the molecule is COc1ccc(-c2[nH]c3ccc(-c4cccc(C(=O)N5CCNCC5)c4)cc3c2C(C)C)cc1OC. The number of fused-ring (bicyclic) bond motifs is 1. The molecule has 0 atom stereocenters. The lowest BCUT2D eigenvalue weighted by Gasteiger charge is -2.27. The van der Waals surface area contributed by atoms with Gasteiger partial charge in [-0.25, -0.2) is 0 Å². The minimum Gasteiger partial charge on any atom is -0.493 e. The molecule has 0 spiro atoms. The summed E-state index contributed by atoms with van der Waals surface area (Å²) in [7, 11) is 3.30. The van der Waals surface area contributed by atoms with Crippen LogP contribution >= 0.6 is 0 Å². The van der Waals surface area contributed by atoms with E-state index in [2.05, 4.69) is 54.5 Å². The highest BCUT2D eigenvalue weighted by Crippen LogP contribution is 2.40. The molecule has 5 rings (SSSR count). The molecule has 186 valence electrons. The largest absolute Gasteiger partial charge is 0.493 e. The number of H-pyrrole nitrogens is 1. The van der Waals surface area contributed by atoms with Crippen molar-refractivity contribution in [3.63, 3.8) is 0 Å². The predicted octanol–water partition coefficient (Wildman–Crippen LogP) is 5.69. The number of hydrogen-bond acceptors (Lipinski definition) is 4. The van der Waals surface area contributed by atoms with Gasteiger partial charge in [0.1, 0.15) is 0 Å². The van der Waals surface area contributed by atoms with Gasteiger partial charge in [0.25, 0.3) is 5.91 Å². The van der Waals surface area contributed by atoms with E-state index in [4.69, 9.17) is 9.47 Å². The molecular weight excluding hydrogens is 450 g/mol. The van der Waals surface area contributed by atoms with Crippen LogP contribution in [0.3, 0.4) is 0 Å². The molecule has 4 aromatic rings. The number of nitrogens with one attached hydrogen (secondary N) is 2. The zero-order valence-corrected chi connectivity index (χ0v) is 21.4. The Kier molecular flexibility index (Phi) is 6.70. The van der Waals surface area contributed by atoms with Crippen molar-refractivity contribution in [2.75, 3.05) is 40.4 Å². The van der Waals surface area contributed by atoms with Crippen LogP contribution in [0.15, 0.2) is 60.7 Å². The smallest absolute Gasteiger partial charge is 0.253 e. The first kappa shape index (κ1) is 23.9. The van der Waals surface area contributed by atoms with Gasteiger partial charge in [-0.3, -0.25) is 4.79 Å². The van der Waals surface area contributed by atoms with Crippen LogP contribution in [0.2, 0.25) is 0 Å². The first-order valence-electron chi connectivity index (χ1n) is 12.5. The zero-order chi connectivity index (χ0) is 25.2. The lowest BCUT2D eigenvalue weighted by Crippen LogP contribution is -2.46. The Morgan fingerprint density at radius 1 is 0.861 bits per heavy atom. The van der Waals surface area contributed by atoms with Gasteiger partial charge in [-0.2, -0.15) is 0 Å². The maximum atomic E-state index is 13.1. The Bertz CT molecular complexity index is 1400. The van der Waals surface area contributed by atoms with E-state index in [1.54, 1.807) is 14.2 Å². The van der Waals surface area contributed by atoms with Crippen molar-refractivity contribution >= 4 is 16.8 Å². The Balaban J connectivity index is 1.56. The minimum atomic E-state index is 0.0969. The molecule has 1 fully saturated rings. The third kappa shape index (κ3) is 4.44. The second-order valence-electron chi connectivity index (χ2n) is 9.52. The van der Waals surface area contributed by atoms with Crippen LogP contribution in [-0.2, 0) is 0 Å². The van der Waals surface area contributed by atoms with Gasteiger partial charge in [0, 0.05) is 48.2 Å². The maximum Gasteiger partial charge on any atom is 0.253 e. The highest BCUT2D eigenvalue weighted by Gasteiger charge is 2.20. The van der Waals surface area contributed by atoms with Gasteiger partial charge in [0.15, 0.2) is 11.5 Å². The van der Waals surface area contributed by atoms with Crippen LogP contribution in [0.5, 0.6) is 11.5 Å². The van der Waals surface area contributed by atoms with Crippen LogP contribution in [0, 0.1) is 0 Å². The van der Waals surface area contributed by atoms with Crippen LogP contribution in [0.4, 0.5) is 0 Å². The van der Waals surface area contributed by atoms with Crippen molar-refractivity contribution in [1.82, 2.24) is 15.2 Å². The molecule has 6 heteroatoms. The van der Waals surface area contributed by atoms with Crippen LogP contribution in [0.25, 0.3) is 33.3 Å². The topological polar surface area (TPSA) is 66.6 Å². The molecule has 1 aromatic heterocycles. The molecule has 1 amide bonds. The number of hydrogen-bond donors (Lipinski definition) is 2. The maximum absolute atomic E-state index is 13.1. The minimum absolute atomic E-state index is 0.0969. The van der Waals surface area contributed by atoms with Crippen molar-refractivity contribution in [1.29, 1.82) is 0 Å². The molecule has 0 aliphatic carbocycles. The second kappa shape index (κ2) is 10.1. The summed E-state index contributed by atoms with van der Waals surface area (Å²) in [5, 5.41) is 4.49. The lowest BCUT2D eigenvalue weighted by atomic mass is 9.94. The molecule has 2 N–H and O–H groups in total. The van der Waals surface area contributed by atoms with Gasteiger partial charge in [0.05, 0.1) is 19.9 Å². The van der Waals surface area contributed by atoms with Crippen LogP contribution in [-0.4, -0.2) is 56.2 Å². The number of nitrogens with zero attached hydrogens (tertiary/aromatic N) is 1. The number of carbonyl (C=O) groups is 1. The number of carbonyl (C=O) groups excluding carboxylic acids is 1. The van der Waals surface area contributed by atoms with Crippen molar-refractivity contribution in [2.45, 2.75) is 19.8 Å². The van der Waals surface area contributed by atoms with E-state index in [1.807, 2.05) is 35.2 Å². The summed E-state index contributed by atoms with van der Waals surface area (Å²) in [6, 6.07) is 20.5. The average Bonchev–Trinajstić information content (AvgIpc) is 3.32. The van der Waals surface area contributed by atoms with E-state index in [0.29, 0.717) is 17.4 Å². The summed E-state index contributed by atoms with van der Waals surface area (Å²) < 4.78 is 11.0. The van der Waals surface area contributed by atoms with Crippen molar-refractivity contribution in [2.24, 2.45) is 0 Å². The Morgan fingerprint density at radius 2 is 1.58 bits per heavy atom. The van der Waals surface area contributed by atoms with E-state index in [0.717, 1.165) is 59.6 Å². The fraction of sp³-hybridized carbons (Fsp3) is 0.300. The molecular formula is C30H33N3O3. The second-order valence-corrected chi connectivity index (χ2v) is 9.52. The number of piperazine rings is 1. The molecule has 0 radical (unpaired) electrons. The number of aromatic amines is 1. The highest BCUT2D eigenvalue weighted by atomic mass is 16.5. The highest BCUT2D eigenvalue weighted by molar-refractivity contribution is 5.97. The summed E-state index contributed by atoms with van der Waals surface area (Å²) in [5.74, 6) is 1.81. The Hall–Kier alpha value is -3.77. The molecule has 0 saturated carbocycles. The first-order chi connectivity index (χ1) is 17.5. The number of rotatable bonds is 6. The van der Waals surface area contributed by atoms with Gasteiger partial charge < -0.3 is 24.7 Å². The van der Waals surface area contributed by atoms with Gasteiger partial charge in [0.2, 0.25) is 0 Å². The average molecular weight is 484 g/mol. The van der Waals surface area contributed by atoms with Crippen molar-refractivity contribution < 1.29 is 14.3 Å². The number of aromatic nitrogens is 1. The standard InChI is InChI=1S/C30H33N3O3/c1-19(2)28-24-17-21(20-6-5-7-23(16-20)30(34)33-14-12-31-13-15-33)8-10-25(24)32-29(28)22-9-11-26(35-3)27(18-22)36-4/h5-11,16-19,31-32H,12-15H2,1-4H3. The van der Waals surface area contributed by atoms with Crippen LogP contribution in [0.1, 0.15) is 35.7 Å². The fourth-order valence-electron chi connectivity index (χ4n) is 5.09. The first-order valence-corrected chi connectivity index (χ1v) is 12.5. The molecule has 6 nitrogen and oxygen atoms in total. The quantitative estimate of drug-likeness (QED) is 0.370. The Labute approximate surface area is 212 Å². The van der Waals surface area contributed by atoms with Gasteiger partial charge in [-0.05, 0) is 65.1 Å². The summed E-state index contributed by atoms with van der Waals surface area (Å²) in [5.41, 5.74) is 7.35. The third-order valence-corrected chi connectivity index (χ3v) is 6.94. The normalized spacial score (nSPS) is 13.9. The Morgan fingerprint density at radius 3 is 2.31 bits per heavy atom. The monoisotopic (exact) mass is 483 g/mol. The molecule has 1 aliphatic rings. The molecule has 2 heterocycles. The van der Waals surface area contributed by atoms with E-state index < -0.39 is 0 Å². The summed E-state index contributed by atoms with van der Waals surface area (Å²) in [6.45, 7) is 7.61. The van der Waals surface area contributed by atoms with E-state index >= 15 is 0 Å². The van der Waals surface area contributed by atoms with Gasteiger partial charge in [-0.15, -0.1) is 0 Å². The van der Waals surface area contributed by atoms with Crippen LogP contribution < -0.4 is 14.8 Å².